The Kier molecular flexibility index (Phi) is 4.74. The Morgan fingerprint density at radius 3 is 2.44 bits per heavy atom. The smallest absolute Gasteiger partial charge is 0.159 e. The number of aryl methyl sites for hydroxylation is 1. The highest BCUT2D eigenvalue weighted by atomic mass is 19.1. The topological polar surface area (TPSA) is 75.9 Å². The fraction of sp³-hybridized carbons (Fsp3) is 0.111. The number of hydrogen-bond acceptors (Lipinski definition) is 5. The number of hydrogen-bond donors (Lipinski definition) is 3. The Morgan fingerprint density at radius 2 is 1.72 bits per heavy atom. The second-order valence-electron chi connectivity index (χ2n) is 5.57. The molecule has 3 aromatic rings. The van der Waals surface area contributed by atoms with E-state index in [-0.39, 0.29) is 17.2 Å². The third kappa shape index (κ3) is 4.00. The average molecular weight is 341 g/mol. The number of nitrogens with zero attached hydrogens (tertiary/aromatic N) is 2. The number of rotatable bonds is 5. The van der Waals surface area contributed by atoms with Crippen molar-refractivity contribution in [1.29, 1.82) is 0 Å². The standard InChI is InChI=1S/C18H17F2N5/c1-11-2-4-12(5-3-11)9-22-17-16(21)18(24-10-23-17)25-15-7-6-13(19)8-14(15)20/h2-8,10H,9,21H2,1H3,(H2,22,23,24,25). The van der Waals surface area contributed by atoms with E-state index in [2.05, 4.69) is 20.6 Å². The van der Waals surface area contributed by atoms with Gasteiger partial charge in [0, 0.05) is 12.6 Å². The highest BCUT2D eigenvalue weighted by Gasteiger charge is 2.11. The fourth-order valence-corrected chi connectivity index (χ4v) is 2.25. The normalized spacial score (nSPS) is 10.5. The highest BCUT2D eigenvalue weighted by Crippen LogP contribution is 2.27. The average Bonchev–Trinajstić information content (AvgIpc) is 2.59. The number of benzene rings is 2. The lowest BCUT2D eigenvalue weighted by Gasteiger charge is -2.13. The van der Waals surface area contributed by atoms with Crippen LogP contribution in [-0.4, -0.2) is 9.97 Å². The third-order valence-electron chi connectivity index (χ3n) is 3.65. The predicted octanol–water partition coefficient (Wildman–Crippen LogP) is 4.00. The zero-order chi connectivity index (χ0) is 17.8. The van der Waals surface area contributed by atoms with Crippen molar-refractivity contribution in [1.82, 2.24) is 9.97 Å². The van der Waals surface area contributed by atoms with Crippen molar-refractivity contribution < 1.29 is 8.78 Å². The second-order valence-corrected chi connectivity index (χ2v) is 5.57. The Bertz CT molecular complexity index is 881. The number of nitrogen functional groups attached to an aromatic ring is 1. The van der Waals surface area contributed by atoms with Gasteiger partial charge in [0.15, 0.2) is 11.6 Å². The Balaban J connectivity index is 1.76. The second kappa shape index (κ2) is 7.12. The molecule has 0 radical (unpaired) electrons. The minimum absolute atomic E-state index is 0.0799. The molecular weight excluding hydrogens is 324 g/mol. The van der Waals surface area contributed by atoms with E-state index < -0.39 is 11.6 Å². The van der Waals surface area contributed by atoms with E-state index in [1.807, 2.05) is 31.2 Å². The first-order valence-electron chi connectivity index (χ1n) is 7.65. The minimum atomic E-state index is -0.729. The molecule has 2 aromatic carbocycles. The molecule has 1 aromatic heterocycles. The molecular formula is C18H17F2N5. The maximum atomic E-state index is 13.8. The van der Waals surface area contributed by atoms with E-state index in [1.165, 1.54) is 18.0 Å². The minimum Gasteiger partial charge on any atom is -0.393 e. The van der Waals surface area contributed by atoms with Crippen molar-refractivity contribution in [3.05, 3.63) is 71.6 Å². The van der Waals surface area contributed by atoms with Gasteiger partial charge < -0.3 is 16.4 Å². The quantitative estimate of drug-likeness (QED) is 0.654. The number of nitrogens with two attached hydrogens (primary N) is 1. The molecule has 0 aliphatic carbocycles. The maximum absolute atomic E-state index is 13.8. The van der Waals surface area contributed by atoms with Crippen LogP contribution in [0, 0.1) is 18.6 Å². The molecule has 128 valence electrons. The molecule has 25 heavy (non-hydrogen) atoms. The molecule has 0 atom stereocenters. The summed E-state index contributed by atoms with van der Waals surface area (Å²) in [5, 5.41) is 5.88. The van der Waals surface area contributed by atoms with E-state index >= 15 is 0 Å². The summed E-state index contributed by atoms with van der Waals surface area (Å²) >= 11 is 0. The number of halogens is 2. The largest absolute Gasteiger partial charge is 0.393 e. The molecule has 0 unspecified atom stereocenters. The molecule has 3 rings (SSSR count). The molecule has 7 heteroatoms. The third-order valence-corrected chi connectivity index (χ3v) is 3.65. The van der Waals surface area contributed by atoms with Crippen molar-refractivity contribution in [3.8, 4) is 0 Å². The summed E-state index contributed by atoms with van der Waals surface area (Å²) in [4.78, 5) is 8.13. The van der Waals surface area contributed by atoms with Crippen LogP contribution in [0.3, 0.4) is 0 Å². The van der Waals surface area contributed by atoms with Crippen LogP contribution in [0.25, 0.3) is 0 Å². The lowest BCUT2D eigenvalue weighted by molar-refractivity contribution is 0.586. The Morgan fingerprint density at radius 1 is 1.00 bits per heavy atom. The Labute approximate surface area is 143 Å². The van der Waals surface area contributed by atoms with Crippen LogP contribution in [0.5, 0.6) is 0 Å². The van der Waals surface area contributed by atoms with Gasteiger partial charge in [-0.3, -0.25) is 0 Å². The first-order chi connectivity index (χ1) is 12.0. The van der Waals surface area contributed by atoms with Crippen LogP contribution in [0.2, 0.25) is 0 Å². The lowest BCUT2D eigenvalue weighted by atomic mass is 10.1. The van der Waals surface area contributed by atoms with Crippen LogP contribution in [-0.2, 0) is 6.54 Å². The zero-order valence-corrected chi connectivity index (χ0v) is 13.6. The van der Waals surface area contributed by atoms with Gasteiger partial charge >= 0.3 is 0 Å². The molecule has 0 fully saturated rings. The van der Waals surface area contributed by atoms with Crippen molar-refractivity contribution in [3.63, 3.8) is 0 Å². The van der Waals surface area contributed by atoms with Crippen molar-refractivity contribution >= 4 is 23.0 Å². The molecule has 0 bridgehead atoms. The maximum Gasteiger partial charge on any atom is 0.159 e. The van der Waals surface area contributed by atoms with Gasteiger partial charge in [-0.1, -0.05) is 29.8 Å². The molecule has 0 aliphatic rings. The summed E-state index contributed by atoms with van der Waals surface area (Å²) in [5.41, 5.74) is 8.63. The molecule has 0 saturated carbocycles. The van der Waals surface area contributed by atoms with Gasteiger partial charge in [-0.25, -0.2) is 18.7 Å². The highest BCUT2D eigenvalue weighted by molar-refractivity contribution is 5.77. The molecule has 4 N–H and O–H groups in total. The molecule has 0 aliphatic heterocycles. The summed E-state index contributed by atoms with van der Waals surface area (Å²) in [6.45, 7) is 2.55. The summed E-state index contributed by atoms with van der Waals surface area (Å²) in [6, 6.07) is 11.3. The zero-order valence-electron chi connectivity index (χ0n) is 13.6. The number of aromatic nitrogens is 2. The predicted molar refractivity (Wildman–Crippen MR) is 94.6 cm³/mol. The van der Waals surface area contributed by atoms with Crippen molar-refractivity contribution in [2.24, 2.45) is 0 Å². The summed E-state index contributed by atoms with van der Waals surface area (Å²) in [5.74, 6) is -0.709. The van der Waals surface area contributed by atoms with Gasteiger partial charge in [-0.2, -0.15) is 0 Å². The fourth-order valence-electron chi connectivity index (χ4n) is 2.25. The monoisotopic (exact) mass is 341 g/mol. The van der Waals surface area contributed by atoms with Crippen molar-refractivity contribution in [2.75, 3.05) is 16.4 Å². The van der Waals surface area contributed by atoms with Crippen LogP contribution in [0.1, 0.15) is 11.1 Å². The molecule has 0 saturated heterocycles. The van der Waals surface area contributed by atoms with Gasteiger partial charge in [0.1, 0.15) is 23.6 Å². The van der Waals surface area contributed by atoms with E-state index in [0.29, 0.717) is 12.4 Å². The summed E-state index contributed by atoms with van der Waals surface area (Å²) in [7, 11) is 0. The van der Waals surface area contributed by atoms with Crippen LogP contribution in [0.4, 0.5) is 31.8 Å². The summed E-state index contributed by atoms with van der Waals surface area (Å²) < 4.78 is 26.8. The van der Waals surface area contributed by atoms with Crippen LogP contribution >= 0.6 is 0 Å². The van der Waals surface area contributed by atoms with Crippen molar-refractivity contribution in [2.45, 2.75) is 13.5 Å². The number of nitrogens with one attached hydrogen (secondary N) is 2. The van der Waals surface area contributed by atoms with Gasteiger partial charge in [0.25, 0.3) is 0 Å². The molecule has 0 amide bonds. The van der Waals surface area contributed by atoms with Gasteiger partial charge in [-0.15, -0.1) is 0 Å². The van der Waals surface area contributed by atoms with Crippen LogP contribution in [0.15, 0.2) is 48.8 Å². The van der Waals surface area contributed by atoms with Gasteiger partial charge in [0.2, 0.25) is 0 Å². The molecule has 0 spiro atoms. The first kappa shape index (κ1) is 16.6. The first-order valence-corrected chi connectivity index (χ1v) is 7.65. The van der Waals surface area contributed by atoms with E-state index in [4.69, 9.17) is 5.73 Å². The lowest BCUT2D eigenvalue weighted by Crippen LogP contribution is -2.08. The van der Waals surface area contributed by atoms with E-state index in [1.54, 1.807) is 0 Å². The number of anilines is 4. The molecule has 1 heterocycles. The van der Waals surface area contributed by atoms with Gasteiger partial charge in [-0.05, 0) is 24.6 Å². The van der Waals surface area contributed by atoms with Gasteiger partial charge in [0.05, 0.1) is 5.69 Å². The van der Waals surface area contributed by atoms with Crippen LogP contribution < -0.4 is 16.4 Å². The SMILES string of the molecule is Cc1ccc(CNc2ncnc(Nc3ccc(F)cc3F)c2N)cc1. The van der Waals surface area contributed by atoms with E-state index in [9.17, 15) is 8.78 Å². The van der Waals surface area contributed by atoms with E-state index in [0.717, 1.165) is 17.7 Å². The molecule has 5 nitrogen and oxygen atoms in total. The Hall–Kier alpha value is -3.22. The summed E-state index contributed by atoms with van der Waals surface area (Å²) in [6.07, 6.45) is 1.32.